The van der Waals surface area contributed by atoms with Crippen molar-refractivity contribution >= 4 is 79.0 Å². The fraction of sp³-hybridized carbons (Fsp3) is 0.108. The van der Waals surface area contributed by atoms with Gasteiger partial charge in [0.15, 0.2) is 0 Å². The molecule has 12 aromatic rings. The van der Waals surface area contributed by atoms with Crippen LogP contribution in [0.3, 0.4) is 0 Å². The first-order valence-electron chi connectivity index (χ1n) is 27.5. The molecule has 0 saturated carbocycles. The second-order valence-electron chi connectivity index (χ2n) is 23.3. The van der Waals surface area contributed by atoms with Gasteiger partial charge in [0.25, 0.3) is 6.71 Å². The Kier molecular flexibility index (Phi) is 11.1. The third-order valence-electron chi connectivity index (χ3n) is 16.5. The molecule has 0 saturated heterocycles. The standard InChI is InChI=1S/C74H60BN3/c1-73(2,3)53-41-43-66-62(45-53)75-63-46-54(74(4,5)6)42-44-67(63)78(65-40-22-20-34-57(65)50-27-13-8-14-28-50)69-48-55(47-68(70(69)75)77(66)64-39-21-19-33-56(64)49-25-11-7-12-26-49)76-71-58(51-29-15-9-16-30-51)35-23-37-60(71)61-38-24-36-59(72(61)76)52-31-17-10-18-32-52/h7-48H,1-6H3. The van der Waals surface area contributed by atoms with Crippen LogP contribution in [0.25, 0.3) is 72.0 Å². The van der Waals surface area contributed by atoms with Gasteiger partial charge >= 0.3 is 0 Å². The first-order valence-corrected chi connectivity index (χ1v) is 27.5. The fourth-order valence-electron chi connectivity index (χ4n) is 12.7. The van der Waals surface area contributed by atoms with Gasteiger partial charge in [-0.15, -0.1) is 0 Å². The molecule has 0 radical (unpaired) electrons. The quantitative estimate of drug-likeness (QED) is 0.147. The molecule has 4 heteroatoms. The van der Waals surface area contributed by atoms with Crippen LogP contribution in [-0.4, -0.2) is 11.3 Å². The normalized spacial score (nSPS) is 12.9. The number of hydrogen-bond donors (Lipinski definition) is 0. The van der Waals surface area contributed by atoms with Gasteiger partial charge in [0.1, 0.15) is 0 Å². The highest BCUT2D eigenvalue weighted by molar-refractivity contribution is 7.00. The summed E-state index contributed by atoms with van der Waals surface area (Å²) in [5.74, 6) is 0. The monoisotopic (exact) mass is 1000 g/mol. The predicted molar refractivity (Wildman–Crippen MR) is 334 cm³/mol. The van der Waals surface area contributed by atoms with Gasteiger partial charge in [0.05, 0.1) is 28.1 Å². The lowest BCUT2D eigenvalue weighted by Crippen LogP contribution is -2.61. The molecular weight excluding hydrogens is 942 g/mol. The molecule has 374 valence electrons. The zero-order chi connectivity index (χ0) is 52.9. The van der Waals surface area contributed by atoms with Crippen molar-refractivity contribution < 1.29 is 0 Å². The van der Waals surface area contributed by atoms with Gasteiger partial charge in [-0.05, 0) is 97.0 Å². The molecule has 0 N–H and O–H groups in total. The molecule has 0 spiro atoms. The summed E-state index contributed by atoms with van der Waals surface area (Å²) in [7, 11) is 0. The second kappa shape index (κ2) is 18.3. The van der Waals surface area contributed by atoms with Gasteiger partial charge in [-0.3, -0.25) is 0 Å². The summed E-state index contributed by atoms with van der Waals surface area (Å²) in [6.07, 6.45) is 0. The maximum Gasteiger partial charge on any atom is 0.252 e. The number of anilines is 6. The van der Waals surface area contributed by atoms with Crippen LogP contribution in [0.4, 0.5) is 34.1 Å². The van der Waals surface area contributed by atoms with Crippen molar-refractivity contribution in [3.63, 3.8) is 0 Å². The molecule has 3 nitrogen and oxygen atoms in total. The number of rotatable bonds is 7. The number of para-hydroxylation sites is 4. The van der Waals surface area contributed by atoms with E-state index in [1.54, 1.807) is 0 Å². The van der Waals surface area contributed by atoms with Crippen LogP contribution >= 0.6 is 0 Å². The first kappa shape index (κ1) is 47.3. The molecule has 0 atom stereocenters. The van der Waals surface area contributed by atoms with Gasteiger partial charge in [-0.2, -0.15) is 0 Å². The average Bonchev–Trinajstić information content (AvgIpc) is 3.66. The van der Waals surface area contributed by atoms with E-state index in [9.17, 15) is 0 Å². The molecule has 78 heavy (non-hydrogen) atoms. The highest BCUT2D eigenvalue weighted by atomic mass is 15.2. The zero-order valence-corrected chi connectivity index (χ0v) is 45.2. The Morgan fingerprint density at radius 2 is 0.641 bits per heavy atom. The fourth-order valence-corrected chi connectivity index (χ4v) is 12.7. The van der Waals surface area contributed by atoms with Crippen LogP contribution in [0.15, 0.2) is 255 Å². The largest absolute Gasteiger partial charge is 0.311 e. The molecule has 3 heterocycles. The van der Waals surface area contributed by atoms with E-state index in [0.29, 0.717) is 0 Å². The minimum Gasteiger partial charge on any atom is -0.311 e. The van der Waals surface area contributed by atoms with Crippen molar-refractivity contribution in [1.82, 2.24) is 4.57 Å². The van der Waals surface area contributed by atoms with Gasteiger partial charge < -0.3 is 14.4 Å². The van der Waals surface area contributed by atoms with Crippen LogP contribution in [-0.2, 0) is 10.8 Å². The summed E-state index contributed by atoms with van der Waals surface area (Å²) < 4.78 is 2.61. The van der Waals surface area contributed by atoms with Crippen LogP contribution in [0.5, 0.6) is 0 Å². The lowest BCUT2D eigenvalue weighted by atomic mass is 9.33. The van der Waals surface area contributed by atoms with E-state index < -0.39 is 0 Å². The molecule has 0 unspecified atom stereocenters. The molecule has 1 aromatic heterocycles. The van der Waals surface area contributed by atoms with E-state index in [2.05, 4.69) is 311 Å². The van der Waals surface area contributed by atoms with E-state index in [1.807, 2.05) is 0 Å². The Morgan fingerprint density at radius 3 is 1.03 bits per heavy atom. The topological polar surface area (TPSA) is 11.4 Å². The summed E-state index contributed by atoms with van der Waals surface area (Å²) in [6, 6.07) is 95.4. The van der Waals surface area contributed by atoms with E-state index in [-0.39, 0.29) is 17.5 Å². The van der Waals surface area contributed by atoms with Crippen LogP contribution < -0.4 is 26.2 Å². The van der Waals surface area contributed by atoms with Crippen LogP contribution in [0.1, 0.15) is 52.7 Å². The Hall–Kier alpha value is -9.12. The Bertz CT molecular complexity index is 4010. The molecule has 0 bridgehead atoms. The minimum absolute atomic E-state index is 0.0936. The SMILES string of the molecule is CC(C)(C)c1ccc2c(c1)B1c3cc(C(C)(C)C)ccc3N(c3ccccc3-c3ccccc3)c3cc(-n4c5c(-c6ccccc6)cccc5c5cccc(-c6ccccc6)c54)cc(c31)N2c1ccccc1-c1ccccc1. The highest BCUT2D eigenvalue weighted by Crippen LogP contribution is 2.51. The van der Waals surface area contributed by atoms with Crippen molar-refractivity contribution in [3.8, 4) is 50.2 Å². The summed E-state index contributed by atoms with van der Waals surface area (Å²) >= 11 is 0. The lowest BCUT2D eigenvalue weighted by Gasteiger charge is -2.45. The summed E-state index contributed by atoms with van der Waals surface area (Å²) in [4.78, 5) is 5.24. The molecule has 0 fully saturated rings. The number of hydrogen-bond acceptors (Lipinski definition) is 2. The third-order valence-corrected chi connectivity index (χ3v) is 16.5. The van der Waals surface area contributed by atoms with Crippen molar-refractivity contribution in [1.29, 1.82) is 0 Å². The summed E-state index contributed by atoms with van der Waals surface area (Å²) in [6.45, 7) is 14.0. The molecule has 0 aliphatic carbocycles. The van der Waals surface area contributed by atoms with E-state index in [1.165, 1.54) is 105 Å². The van der Waals surface area contributed by atoms with Gasteiger partial charge in [0, 0.05) is 55.8 Å². The Morgan fingerprint density at radius 1 is 0.295 bits per heavy atom. The van der Waals surface area contributed by atoms with Crippen LogP contribution in [0, 0.1) is 0 Å². The smallest absolute Gasteiger partial charge is 0.252 e. The van der Waals surface area contributed by atoms with E-state index in [4.69, 9.17) is 0 Å². The van der Waals surface area contributed by atoms with Gasteiger partial charge in [-0.1, -0.05) is 260 Å². The Balaban J connectivity index is 1.19. The maximum atomic E-state index is 2.62. The molecular formula is C74H60BN3. The van der Waals surface area contributed by atoms with Crippen molar-refractivity contribution in [3.05, 3.63) is 266 Å². The second-order valence-corrected chi connectivity index (χ2v) is 23.3. The van der Waals surface area contributed by atoms with E-state index in [0.717, 1.165) is 28.4 Å². The number of benzene rings is 11. The molecule has 11 aromatic carbocycles. The highest BCUT2D eigenvalue weighted by Gasteiger charge is 2.45. The first-order chi connectivity index (χ1) is 38.0. The van der Waals surface area contributed by atoms with Gasteiger partial charge in [-0.25, -0.2) is 0 Å². The molecule has 14 rings (SSSR count). The number of nitrogens with zero attached hydrogens (tertiary/aromatic N) is 3. The maximum absolute atomic E-state index is 2.62. The average molecular weight is 1000 g/mol. The van der Waals surface area contributed by atoms with E-state index >= 15 is 0 Å². The van der Waals surface area contributed by atoms with Crippen molar-refractivity contribution in [2.45, 2.75) is 52.4 Å². The van der Waals surface area contributed by atoms with Gasteiger partial charge in [0.2, 0.25) is 0 Å². The predicted octanol–water partition coefficient (Wildman–Crippen LogP) is 18.1. The Labute approximate surface area is 459 Å². The van der Waals surface area contributed by atoms with Crippen molar-refractivity contribution in [2.24, 2.45) is 0 Å². The van der Waals surface area contributed by atoms with Crippen LogP contribution in [0.2, 0.25) is 0 Å². The van der Waals surface area contributed by atoms with Crippen molar-refractivity contribution in [2.75, 3.05) is 9.80 Å². The number of fused-ring (bicyclic) bond motifs is 7. The number of aromatic nitrogens is 1. The molecule has 2 aliphatic rings. The minimum atomic E-state index is -0.100. The molecule has 2 aliphatic heterocycles. The molecule has 0 amide bonds. The zero-order valence-electron chi connectivity index (χ0n) is 45.2. The summed E-state index contributed by atoms with van der Waals surface area (Å²) in [5, 5.41) is 2.43. The third kappa shape index (κ3) is 7.64. The summed E-state index contributed by atoms with van der Waals surface area (Å²) in [5.41, 5.74) is 26.2. The lowest BCUT2D eigenvalue weighted by molar-refractivity contribution is 0.590.